The Balaban J connectivity index is 1.17. The molecule has 3 unspecified atom stereocenters. The molecule has 4 heteroatoms. The maximum atomic E-state index is 2.81. The summed E-state index contributed by atoms with van der Waals surface area (Å²) in [5.74, 6) is 1.79. The van der Waals surface area contributed by atoms with E-state index in [0.29, 0.717) is 11.8 Å². The third-order valence-electron chi connectivity index (χ3n) is 20.4. The van der Waals surface area contributed by atoms with Crippen molar-refractivity contribution in [2.75, 3.05) is 9.80 Å². The predicted molar refractivity (Wildman–Crippen MR) is 295 cm³/mol. The number of hydrogen-bond donors (Lipinski definition) is 0. The molecule has 0 N–H and O–H groups in total. The molecule has 0 amide bonds. The van der Waals surface area contributed by atoms with Gasteiger partial charge in [-0.15, -0.1) is 11.3 Å². The fourth-order valence-corrected chi connectivity index (χ4v) is 16.9. The highest BCUT2D eigenvalue weighted by Crippen LogP contribution is 2.60. The van der Waals surface area contributed by atoms with E-state index >= 15 is 0 Å². The maximum absolute atomic E-state index is 2.81. The lowest BCUT2D eigenvalue weighted by molar-refractivity contribution is 0.188. The zero-order valence-corrected chi connectivity index (χ0v) is 44.5. The average Bonchev–Trinajstić information content (AvgIpc) is 3.67. The minimum atomic E-state index is -0.0722. The van der Waals surface area contributed by atoms with Crippen molar-refractivity contribution >= 4 is 78.0 Å². The molecule has 0 radical (unpaired) electrons. The molecule has 5 aromatic carbocycles. The Labute approximate surface area is 413 Å². The Kier molecular flexibility index (Phi) is 8.99. The number of rotatable bonds is 3. The van der Waals surface area contributed by atoms with Crippen LogP contribution in [0.3, 0.4) is 0 Å². The smallest absolute Gasteiger partial charge is 0.264 e. The van der Waals surface area contributed by atoms with E-state index in [0.717, 1.165) is 5.92 Å². The summed E-state index contributed by atoms with van der Waals surface area (Å²) in [6.45, 7) is 32.4. The molecular weight excluding hydrogens is 840 g/mol. The zero-order valence-electron chi connectivity index (χ0n) is 43.7. The molecule has 2 nitrogen and oxygen atoms in total. The molecule has 4 bridgehead atoms. The van der Waals surface area contributed by atoms with Gasteiger partial charge in [-0.2, -0.15) is 0 Å². The summed E-state index contributed by atoms with van der Waals surface area (Å²) in [6.07, 6.45) is 12.9. The zero-order chi connectivity index (χ0) is 47.4. The van der Waals surface area contributed by atoms with E-state index in [1.807, 2.05) is 0 Å². The first-order valence-electron chi connectivity index (χ1n) is 26.9. The fraction of sp³-hybridized carbons (Fsp3) is 0.500. The van der Waals surface area contributed by atoms with Gasteiger partial charge in [0.2, 0.25) is 0 Å². The third kappa shape index (κ3) is 5.94. The number of benzene rings is 5. The predicted octanol–water partition coefficient (Wildman–Crippen LogP) is 16.4. The molecule has 8 aliphatic rings. The van der Waals surface area contributed by atoms with Gasteiger partial charge in [-0.25, -0.2) is 0 Å². The van der Waals surface area contributed by atoms with Crippen molar-refractivity contribution in [2.45, 2.75) is 199 Å². The Hall–Kier alpha value is -4.28. The summed E-state index contributed by atoms with van der Waals surface area (Å²) < 4.78 is 3.01. The van der Waals surface area contributed by atoms with Crippen LogP contribution in [0.4, 0.5) is 34.1 Å². The van der Waals surface area contributed by atoms with Crippen molar-refractivity contribution in [1.29, 1.82) is 0 Å². The molecule has 6 aliphatic carbocycles. The second kappa shape index (κ2) is 14.0. The van der Waals surface area contributed by atoms with Gasteiger partial charge in [-0.05, 0) is 218 Å². The molecule has 1 aromatic heterocycles. The van der Waals surface area contributed by atoms with Crippen LogP contribution >= 0.6 is 11.3 Å². The molecule has 350 valence electrons. The molecule has 3 heterocycles. The Morgan fingerprint density at radius 3 is 1.91 bits per heavy atom. The van der Waals surface area contributed by atoms with E-state index in [4.69, 9.17) is 0 Å². The first-order chi connectivity index (χ1) is 32.1. The fourth-order valence-electron chi connectivity index (χ4n) is 15.5. The molecule has 3 atom stereocenters. The van der Waals surface area contributed by atoms with Gasteiger partial charge in [0.1, 0.15) is 0 Å². The van der Waals surface area contributed by atoms with E-state index in [1.54, 1.807) is 22.3 Å². The van der Waals surface area contributed by atoms with Crippen LogP contribution in [0.2, 0.25) is 0 Å². The molecule has 2 saturated carbocycles. The van der Waals surface area contributed by atoms with Crippen LogP contribution in [-0.2, 0) is 32.5 Å². The molecule has 6 aromatic rings. The van der Waals surface area contributed by atoms with Crippen molar-refractivity contribution in [3.8, 4) is 0 Å². The van der Waals surface area contributed by atoms with E-state index in [1.165, 1.54) is 146 Å². The summed E-state index contributed by atoms with van der Waals surface area (Å²) in [5.41, 5.74) is 24.4. The molecule has 0 spiro atoms. The van der Waals surface area contributed by atoms with Gasteiger partial charge in [0.25, 0.3) is 6.71 Å². The second-order valence-electron chi connectivity index (χ2n) is 27.1. The summed E-state index contributed by atoms with van der Waals surface area (Å²) in [6, 6.07) is 33.7. The van der Waals surface area contributed by atoms with Gasteiger partial charge in [0, 0.05) is 43.3 Å². The van der Waals surface area contributed by atoms with Crippen LogP contribution < -0.4 is 25.5 Å². The van der Waals surface area contributed by atoms with Crippen LogP contribution in [0.25, 0.3) is 10.1 Å². The SMILES string of the molecule is CC(C)c1ccc(N2c3cc4c(cc3B3c5sc6cc7c(cc6c5N(c5ccc6c(c5)C(C)(C)CCC6(C)C)c5cc(C(C)(C)C)cc2c53)C2(C)CCC7(C)CC2)C(C)C2CCCC4(C)C2)cc1. The monoisotopic (exact) mass is 915 g/mol. The Bertz CT molecular complexity index is 3130. The van der Waals surface area contributed by atoms with E-state index in [2.05, 4.69) is 190 Å². The van der Waals surface area contributed by atoms with Gasteiger partial charge < -0.3 is 9.80 Å². The minimum absolute atomic E-state index is 0.0722. The van der Waals surface area contributed by atoms with Crippen molar-refractivity contribution in [3.05, 3.63) is 123 Å². The third-order valence-corrected chi connectivity index (χ3v) is 21.6. The van der Waals surface area contributed by atoms with Crippen molar-refractivity contribution in [1.82, 2.24) is 0 Å². The normalized spacial score (nSPS) is 27.9. The quantitative estimate of drug-likeness (QED) is 0.163. The van der Waals surface area contributed by atoms with Gasteiger partial charge in [-0.1, -0.05) is 121 Å². The van der Waals surface area contributed by atoms with E-state index in [-0.39, 0.29) is 39.2 Å². The van der Waals surface area contributed by atoms with Gasteiger partial charge in [0.15, 0.2) is 0 Å². The van der Waals surface area contributed by atoms with E-state index in [9.17, 15) is 0 Å². The Morgan fingerprint density at radius 2 is 1.25 bits per heavy atom. The number of thiophene rings is 1. The first kappa shape index (κ1) is 43.7. The summed E-state index contributed by atoms with van der Waals surface area (Å²) in [5, 5.41) is 1.47. The largest absolute Gasteiger partial charge is 0.311 e. The highest BCUT2D eigenvalue weighted by molar-refractivity contribution is 7.33. The van der Waals surface area contributed by atoms with Gasteiger partial charge >= 0.3 is 0 Å². The standard InChI is InChI=1S/C64H75BN2S/c1-37(2)39-16-18-42(19-17-39)66-52-34-47-44(38(3)40-15-14-22-64(47,13)36-40)33-51(52)65-56-53(66)29-41(59(4,5)6)30-54(56)67(43-20-21-46-48(31-43)61(9,10)24-23-60(46,7)8)57-45-32-49-50(35-55(45)68-58(57)65)63(12)27-25-62(49,11)26-28-63/h16-21,29-35,37-38,40H,14-15,22-28,36H2,1-13H3. The van der Waals surface area contributed by atoms with Crippen LogP contribution in [0, 0.1) is 5.92 Å². The van der Waals surface area contributed by atoms with Crippen LogP contribution in [-0.4, -0.2) is 6.71 Å². The first-order valence-corrected chi connectivity index (χ1v) is 27.7. The van der Waals surface area contributed by atoms with Crippen LogP contribution in [0.5, 0.6) is 0 Å². The molecule has 14 rings (SSSR count). The van der Waals surface area contributed by atoms with Crippen molar-refractivity contribution in [3.63, 3.8) is 0 Å². The average molecular weight is 915 g/mol. The van der Waals surface area contributed by atoms with Gasteiger partial charge in [-0.3, -0.25) is 0 Å². The highest BCUT2D eigenvalue weighted by Gasteiger charge is 2.52. The summed E-state index contributed by atoms with van der Waals surface area (Å²) in [4.78, 5) is 5.55. The molecule has 0 saturated heterocycles. The maximum Gasteiger partial charge on any atom is 0.264 e. The highest BCUT2D eigenvalue weighted by atomic mass is 32.1. The van der Waals surface area contributed by atoms with Crippen LogP contribution in [0.15, 0.2) is 78.9 Å². The lowest BCUT2D eigenvalue weighted by atomic mass is 9.35. The van der Waals surface area contributed by atoms with Gasteiger partial charge in [0.05, 0.1) is 5.69 Å². The molecule has 2 fully saturated rings. The Morgan fingerprint density at radius 1 is 0.618 bits per heavy atom. The summed E-state index contributed by atoms with van der Waals surface area (Å²) >= 11 is 2.13. The second-order valence-corrected chi connectivity index (χ2v) is 28.1. The topological polar surface area (TPSA) is 6.48 Å². The number of anilines is 6. The van der Waals surface area contributed by atoms with Crippen LogP contribution in [0.1, 0.15) is 211 Å². The lowest BCUT2D eigenvalue weighted by Gasteiger charge is -2.52. The molecule has 68 heavy (non-hydrogen) atoms. The number of fused-ring (bicyclic) bond motifs is 13. The molecule has 2 aliphatic heterocycles. The lowest BCUT2D eigenvalue weighted by Crippen LogP contribution is -2.61. The number of nitrogens with zero attached hydrogens (tertiary/aromatic N) is 2. The minimum Gasteiger partial charge on any atom is -0.311 e. The van der Waals surface area contributed by atoms with Crippen molar-refractivity contribution in [2.24, 2.45) is 5.92 Å². The van der Waals surface area contributed by atoms with Crippen molar-refractivity contribution < 1.29 is 0 Å². The number of hydrogen-bond acceptors (Lipinski definition) is 3. The molecular formula is C64H75BN2S. The van der Waals surface area contributed by atoms with E-state index < -0.39 is 0 Å². The summed E-state index contributed by atoms with van der Waals surface area (Å²) in [7, 11) is 0.